The van der Waals surface area contributed by atoms with Crippen LogP contribution in [0.4, 0.5) is 5.69 Å². The number of carbonyl (C=O) groups is 2. The quantitative estimate of drug-likeness (QED) is 0.188. The van der Waals surface area contributed by atoms with Crippen LogP contribution in [0, 0.1) is 13.8 Å². The van der Waals surface area contributed by atoms with E-state index in [4.69, 9.17) is 0 Å². The lowest BCUT2D eigenvalue weighted by molar-refractivity contribution is -0.140. The molecule has 0 aromatic heterocycles. The topological polar surface area (TPSA) is 86.8 Å². The molecule has 0 bridgehead atoms. The molecule has 0 aliphatic carbocycles. The first-order valence-electron chi connectivity index (χ1n) is 14.5. The maximum atomic E-state index is 14.5. The van der Waals surface area contributed by atoms with Crippen molar-refractivity contribution in [1.82, 2.24) is 10.2 Å². The fraction of sp³-hybridized carbons (Fsp3) is 0.257. The highest BCUT2D eigenvalue weighted by Crippen LogP contribution is 2.27. The summed E-state index contributed by atoms with van der Waals surface area (Å²) in [4.78, 5) is 29.8. The summed E-state index contributed by atoms with van der Waals surface area (Å²) in [6.45, 7) is 7.13. The molecule has 0 heterocycles. The number of carbonyl (C=O) groups excluding carboxylic acids is 2. The van der Waals surface area contributed by atoms with Crippen LogP contribution in [-0.2, 0) is 32.6 Å². The molecule has 0 aliphatic rings. The predicted molar refractivity (Wildman–Crippen MR) is 179 cm³/mol. The van der Waals surface area contributed by atoms with Gasteiger partial charge in [-0.25, -0.2) is 8.42 Å². The summed E-state index contributed by atoms with van der Waals surface area (Å²) in [5.41, 5.74) is 3.81. The van der Waals surface area contributed by atoms with Crippen molar-refractivity contribution >= 4 is 43.5 Å². The molecule has 0 spiro atoms. The van der Waals surface area contributed by atoms with Crippen LogP contribution < -0.4 is 9.62 Å². The van der Waals surface area contributed by atoms with Crippen LogP contribution in [0.3, 0.4) is 0 Å². The van der Waals surface area contributed by atoms with Gasteiger partial charge in [-0.2, -0.15) is 0 Å². The van der Waals surface area contributed by atoms with Gasteiger partial charge in [-0.15, -0.1) is 0 Å². The van der Waals surface area contributed by atoms with Crippen LogP contribution in [0.15, 0.2) is 112 Å². The lowest BCUT2D eigenvalue weighted by Gasteiger charge is -2.34. The highest BCUT2D eigenvalue weighted by Gasteiger charge is 2.35. The second-order valence-electron chi connectivity index (χ2n) is 11.2. The Labute approximate surface area is 269 Å². The molecule has 0 unspecified atom stereocenters. The zero-order valence-electron chi connectivity index (χ0n) is 25.4. The van der Waals surface area contributed by atoms with Crippen molar-refractivity contribution in [2.45, 2.75) is 57.6 Å². The van der Waals surface area contributed by atoms with Gasteiger partial charge >= 0.3 is 0 Å². The molecule has 1 N–H and O–H groups in total. The minimum absolute atomic E-state index is 0.0739. The summed E-state index contributed by atoms with van der Waals surface area (Å²) < 4.78 is 30.3. The molecule has 2 amide bonds. The van der Waals surface area contributed by atoms with Crippen molar-refractivity contribution in [2.75, 3.05) is 10.8 Å². The summed E-state index contributed by atoms with van der Waals surface area (Å²) >= 11 is 3.46. The van der Waals surface area contributed by atoms with Gasteiger partial charge in [0.25, 0.3) is 10.0 Å². The lowest BCUT2D eigenvalue weighted by atomic mass is 10.0. The minimum Gasteiger partial charge on any atom is -0.352 e. The van der Waals surface area contributed by atoms with Crippen molar-refractivity contribution in [1.29, 1.82) is 0 Å². The van der Waals surface area contributed by atoms with Gasteiger partial charge in [0.15, 0.2) is 0 Å². The first-order valence-corrected chi connectivity index (χ1v) is 16.7. The number of nitrogens with one attached hydrogen (secondary N) is 1. The highest BCUT2D eigenvalue weighted by molar-refractivity contribution is 9.10. The maximum Gasteiger partial charge on any atom is 0.264 e. The summed E-state index contributed by atoms with van der Waals surface area (Å²) in [5, 5.41) is 2.98. The van der Waals surface area contributed by atoms with Gasteiger partial charge in [0, 0.05) is 23.5 Å². The number of hydrogen-bond acceptors (Lipinski definition) is 4. The normalized spacial score (nSPS) is 12.0. The molecule has 4 aromatic rings. The highest BCUT2D eigenvalue weighted by atomic mass is 79.9. The zero-order chi connectivity index (χ0) is 31.9. The van der Waals surface area contributed by atoms with E-state index in [0.717, 1.165) is 31.0 Å². The third kappa shape index (κ3) is 8.57. The molecule has 44 heavy (non-hydrogen) atoms. The summed E-state index contributed by atoms with van der Waals surface area (Å²) in [6.07, 6.45) is 0.261. The Kier molecular flexibility index (Phi) is 11.0. The van der Waals surface area contributed by atoms with Crippen LogP contribution in [0.2, 0.25) is 0 Å². The van der Waals surface area contributed by atoms with Crippen LogP contribution in [0.1, 0.15) is 36.1 Å². The largest absolute Gasteiger partial charge is 0.352 e. The molecule has 0 saturated heterocycles. The minimum atomic E-state index is -4.14. The molecule has 4 rings (SSSR count). The number of amides is 2. The molecule has 0 fully saturated rings. The number of nitrogens with zero attached hydrogens (tertiary/aromatic N) is 2. The first-order chi connectivity index (χ1) is 20.9. The van der Waals surface area contributed by atoms with Crippen LogP contribution in [0.5, 0.6) is 0 Å². The van der Waals surface area contributed by atoms with E-state index in [-0.39, 0.29) is 29.8 Å². The molecule has 0 radical (unpaired) electrons. The van der Waals surface area contributed by atoms with E-state index in [2.05, 4.69) is 21.2 Å². The van der Waals surface area contributed by atoms with Gasteiger partial charge in [0.1, 0.15) is 12.6 Å². The van der Waals surface area contributed by atoms with Crippen LogP contribution in [0.25, 0.3) is 0 Å². The van der Waals surface area contributed by atoms with Gasteiger partial charge in [0.2, 0.25) is 11.8 Å². The van der Waals surface area contributed by atoms with Gasteiger partial charge < -0.3 is 10.2 Å². The van der Waals surface area contributed by atoms with Crippen molar-refractivity contribution in [3.8, 4) is 0 Å². The lowest BCUT2D eigenvalue weighted by Crippen LogP contribution is -2.54. The van der Waals surface area contributed by atoms with E-state index in [1.807, 2.05) is 88.4 Å². The number of hydrogen-bond donors (Lipinski definition) is 1. The molecule has 4 aromatic carbocycles. The number of anilines is 1. The Morgan fingerprint density at radius 2 is 1.36 bits per heavy atom. The molecule has 0 saturated carbocycles. The van der Waals surface area contributed by atoms with Gasteiger partial charge in [-0.3, -0.25) is 13.9 Å². The third-order valence-electron chi connectivity index (χ3n) is 7.07. The van der Waals surface area contributed by atoms with E-state index in [1.54, 1.807) is 30.3 Å². The molecule has 7 nitrogen and oxygen atoms in total. The molecular formula is C35H38BrN3O4S. The Balaban J connectivity index is 1.82. The summed E-state index contributed by atoms with van der Waals surface area (Å²) in [7, 11) is -4.14. The summed E-state index contributed by atoms with van der Waals surface area (Å²) in [5.74, 6) is -0.801. The fourth-order valence-corrected chi connectivity index (χ4v) is 6.75. The Morgan fingerprint density at radius 1 is 0.795 bits per heavy atom. The van der Waals surface area contributed by atoms with Gasteiger partial charge in [-0.05, 0) is 86.3 Å². The number of sulfonamides is 1. The van der Waals surface area contributed by atoms with E-state index in [0.29, 0.717) is 5.69 Å². The number of halogens is 1. The predicted octanol–water partition coefficient (Wildman–Crippen LogP) is 6.43. The number of benzene rings is 4. The van der Waals surface area contributed by atoms with E-state index in [1.165, 1.54) is 17.0 Å². The average molecular weight is 677 g/mol. The fourth-order valence-electron chi connectivity index (χ4n) is 5.06. The average Bonchev–Trinajstić information content (AvgIpc) is 2.98. The standard InChI is InChI=1S/C35H38BrN3O4S/c1-25(2)37-35(41)33(22-28-11-7-5-8-12-28)38(23-29-15-17-30(36)18-16-29)34(40)24-39(31-20-26(3)19-27(4)21-31)44(42,43)32-13-9-6-10-14-32/h5-21,25,33H,22-24H2,1-4H3,(H,37,41)/t33-/m0/s1. The van der Waals surface area contributed by atoms with E-state index < -0.39 is 28.5 Å². The zero-order valence-corrected chi connectivity index (χ0v) is 27.8. The first kappa shape index (κ1) is 33.0. The molecule has 9 heteroatoms. The summed E-state index contributed by atoms with van der Waals surface area (Å²) in [6, 6.07) is 29.5. The molecule has 230 valence electrons. The second-order valence-corrected chi connectivity index (χ2v) is 14.0. The van der Waals surface area contributed by atoms with Gasteiger partial charge in [-0.1, -0.05) is 82.7 Å². The van der Waals surface area contributed by atoms with E-state index >= 15 is 0 Å². The second kappa shape index (κ2) is 14.7. The molecule has 1 atom stereocenters. The number of aryl methyl sites for hydroxylation is 2. The molecule has 0 aliphatic heterocycles. The van der Waals surface area contributed by atoms with Crippen molar-refractivity contribution in [3.63, 3.8) is 0 Å². The van der Waals surface area contributed by atoms with Gasteiger partial charge in [0.05, 0.1) is 10.6 Å². The van der Waals surface area contributed by atoms with Crippen LogP contribution >= 0.6 is 15.9 Å². The number of rotatable bonds is 12. The monoisotopic (exact) mass is 675 g/mol. The Morgan fingerprint density at radius 3 is 1.93 bits per heavy atom. The maximum absolute atomic E-state index is 14.5. The Bertz CT molecular complexity index is 1660. The molecular weight excluding hydrogens is 638 g/mol. The van der Waals surface area contributed by atoms with Crippen molar-refractivity contribution in [3.05, 3.63) is 130 Å². The van der Waals surface area contributed by atoms with Crippen LogP contribution in [-0.4, -0.2) is 43.8 Å². The van der Waals surface area contributed by atoms with Crippen molar-refractivity contribution < 1.29 is 18.0 Å². The van der Waals surface area contributed by atoms with Crippen molar-refractivity contribution in [2.24, 2.45) is 0 Å². The Hall–Kier alpha value is -3.95. The van der Waals surface area contributed by atoms with E-state index in [9.17, 15) is 18.0 Å². The smallest absolute Gasteiger partial charge is 0.264 e. The SMILES string of the molecule is Cc1cc(C)cc(N(CC(=O)N(Cc2ccc(Br)cc2)[C@@H](Cc2ccccc2)C(=O)NC(C)C)S(=O)(=O)c2ccccc2)c1. The third-order valence-corrected chi connectivity index (χ3v) is 9.39.